The summed E-state index contributed by atoms with van der Waals surface area (Å²) < 4.78 is 26.1. The van der Waals surface area contributed by atoms with Crippen LogP contribution in [0.25, 0.3) is 0 Å². The summed E-state index contributed by atoms with van der Waals surface area (Å²) in [5.41, 5.74) is 0. The average Bonchev–Trinajstić information content (AvgIpc) is 2.82. The van der Waals surface area contributed by atoms with E-state index in [0.717, 1.165) is 0 Å². The Morgan fingerprint density at radius 1 is 0.441 bits per heavy atom. The molecule has 0 aromatic rings. The number of hydrogen-bond acceptors (Lipinski definition) is 16. The van der Waals surface area contributed by atoms with E-state index in [1.165, 1.54) is 0 Å². The summed E-state index contributed by atoms with van der Waals surface area (Å²) >= 11 is 0. The van der Waals surface area contributed by atoms with Crippen LogP contribution in [0.1, 0.15) is 0 Å². The molecule has 16 heteroatoms. The van der Waals surface area contributed by atoms with Crippen molar-refractivity contribution < 1.29 is 79.9 Å². The molecule has 0 aromatic heterocycles. The summed E-state index contributed by atoms with van der Waals surface area (Å²) in [6, 6.07) is 0. The molecule has 0 saturated carbocycles. The fourth-order valence-electron chi connectivity index (χ4n) is 3.84. The maximum Gasteiger partial charge on any atom is 0.186 e. The van der Waals surface area contributed by atoms with E-state index in [1.54, 1.807) is 0 Å². The first-order chi connectivity index (χ1) is 16.0. The number of aliphatic hydroxyl groups is 11. The average molecular weight is 504 g/mol. The van der Waals surface area contributed by atoms with Gasteiger partial charge in [-0.2, -0.15) is 0 Å². The van der Waals surface area contributed by atoms with Crippen LogP contribution in [0.5, 0.6) is 0 Å². The summed E-state index contributed by atoms with van der Waals surface area (Å²) in [4.78, 5) is 0. The van der Waals surface area contributed by atoms with Crippen LogP contribution in [0.15, 0.2) is 0 Å². The number of aliphatic hydroxyl groups excluding tert-OH is 11. The first kappa shape index (κ1) is 27.9. The first-order valence-electron chi connectivity index (χ1n) is 10.6. The second-order valence-corrected chi connectivity index (χ2v) is 8.42. The van der Waals surface area contributed by atoms with Gasteiger partial charge in [0.2, 0.25) is 0 Å². The van der Waals surface area contributed by atoms with E-state index in [2.05, 4.69) is 0 Å². The predicted octanol–water partition coefficient (Wildman–Crippen LogP) is -7.57. The second kappa shape index (κ2) is 11.6. The zero-order valence-corrected chi connectivity index (χ0v) is 17.7. The van der Waals surface area contributed by atoms with Crippen molar-refractivity contribution in [2.75, 3.05) is 19.8 Å². The van der Waals surface area contributed by atoms with Gasteiger partial charge in [-0.25, -0.2) is 0 Å². The van der Waals surface area contributed by atoms with Crippen LogP contribution < -0.4 is 0 Å². The molecule has 200 valence electrons. The molecule has 0 spiro atoms. The van der Waals surface area contributed by atoms with Crippen molar-refractivity contribution in [2.45, 2.75) is 92.1 Å². The zero-order valence-electron chi connectivity index (χ0n) is 17.7. The standard InChI is InChI=1S/C18H32O16/c19-1-4-7(20)11(24)14(27)17(33-4)31-3-6-9(22)12(25)15(28)18(34-6)30-2-5-8(21)10(23)13(26)16(29)32-5/h4-29H,1-3H2/t4-,5-,6-,7+,8+,9+,10+,11+,12+,13-,14-,15-,16+,17?,18+/m1/s1. The fraction of sp³-hybridized carbons (Fsp3) is 1.00. The molecule has 3 fully saturated rings. The lowest BCUT2D eigenvalue weighted by Gasteiger charge is -2.43. The van der Waals surface area contributed by atoms with Crippen molar-refractivity contribution >= 4 is 0 Å². The highest BCUT2D eigenvalue weighted by Crippen LogP contribution is 2.27. The highest BCUT2D eigenvalue weighted by Gasteiger charge is 2.48. The summed E-state index contributed by atoms with van der Waals surface area (Å²) in [5.74, 6) is 0. The molecule has 16 nitrogen and oxygen atoms in total. The molecule has 0 bridgehead atoms. The van der Waals surface area contributed by atoms with Crippen LogP contribution in [-0.4, -0.2) is 168 Å². The van der Waals surface area contributed by atoms with E-state index in [-0.39, 0.29) is 0 Å². The molecule has 11 N–H and O–H groups in total. The third kappa shape index (κ3) is 5.68. The number of rotatable bonds is 7. The Hall–Kier alpha value is -0.640. The Morgan fingerprint density at radius 2 is 0.824 bits per heavy atom. The molecule has 3 aliphatic rings. The predicted molar refractivity (Wildman–Crippen MR) is 101 cm³/mol. The van der Waals surface area contributed by atoms with Crippen LogP contribution in [0.3, 0.4) is 0 Å². The molecule has 0 radical (unpaired) electrons. The van der Waals surface area contributed by atoms with Gasteiger partial charge in [0.15, 0.2) is 18.9 Å². The molecule has 0 aromatic carbocycles. The van der Waals surface area contributed by atoms with Gasteiger partial charge in [-0.15, -0.1) is 0 Å². The van der Waals surface area contributed by atoms with Crippen molar-refractivity contribution in [3.05, 3.63) is 0 Å². The molecule has 0 aliphatic carbocycles. The second-order valence-electron chi connectivity index (χ2n) is 8.42. The minimum absolute atomic E-state index is 0.570. The minimum Gasteiger partial charge on any atom is -0.394 e. The Morgan fingerprint density at radius 3 is 1.29 bits per heavy atom. The van der Waals surface area contributed by atoms with Gasteiger partial charge in [-0.1, -0.05) is 0 Å². The van der Waals surface area contributed by atoms with Crippen molar-refractivity contribution in [2.24, 2.45) is 0 Å². The van der Waals surface area contributed by atoms with Crippen LogP contribution in [0, 0.1) is 0 Å². The number of hydrogen-bond donors (Lipinski definition) is 11. The summed E-state index contributed by atoms with van der Waals surface area (Å²) in [7, 11) is 0. The first-order valence-corrected chi connectivity index (χ1v) is 10.6. The lowest BCUT2D eigenvalue weighted by Crippen LogP contribution is -2.62. The van der Waals surface area contributed by atoms with E-state index in [1.807, 2.05) is 0 Å². The minimum atomic E-state index is -1.82. The van der Waals surface area contributed by atoms with E-state index < -0.39 is 112 Å². The lowest BCUT2D eigenvalue weighted by atomic mass is 9.98. The quantitative estimate of drug-likeness (QED) is 0.154. The Bertz CT molecular complexity index is 639. The van der Waals surface area contributed by atoms with Crippen LogP contribution in [0.4, 0.5) is 0 Å². The van der Waals surface area contributed by atoms with Gasteiger partial charge in [-0.05, 0) is 0 Å². The van der Waals surface area contributed by atoms with Gasteiger partial charge in [-0.3, -0.25) is 0 Å². The highest BCUT2D eigenvalue weighted by atomic mass is 16.7. The fourth-order valence-corrected chi connectivity index (χ4v) is 3.84. The highest BCUT2D eigenvalue weighted by molar-refractivity contribution is 4.92. The number of ether oxygens (including phenoxy) is 5. The molecule has 3 aliphatic heterocycles. The van der Waals surface area contributed by atoms with Gasteiger partial charge < -0.3 is 79.9 Å². The van der Waals surface area contributed by atoms with Crippen molar-refractivity contribution in [1.82, 2.24) is 0 Å². The van der Waals surface area contributed by atoms with Crippen molar-refractivity contribution in [1.29, 1.82) is 0 Å². The van der Waals surface area contributed by atoms with Gasteiger partial charge in [0.1, 0.15) is 73.2 Å². The van der Waals surface area contributed by atoms with E-state index >= 15 is 0 Å². The van der Waals surface area contributed by atoms with Crippen LogP contribution in [0.2, 0.25) is 0 Å². The Labute approximate surface area is 192 Å². The molecule has 3 rings (SSSR count). The molecule has 0 amide bonds. The SMILES string of the molecule is OC[C@H]1OC(OC[C@H]2O[C@H](OC[C@H]3O[C@H](O)[C@H](O)[C@@H](O)[C@H]3O)[C@H](O)[C@@H](O)[C@H]2O)[C@H](O)[C@@H](O)[C@H]1O. The summed E-state index contributed by atoms with van der Waals surface area (Å²) in [5, 5.41) is 108. The molecule has 15 atom stereocenters. The van der Waals surface area contributed by atoms with Gasteiger partial charge in [0, 0.05) is 0 Å². The van der Waals surface area contributed by atoms with E-state index in [9.17, 15) is 56.2 Å². The third-order valence-electron chi connectivity index (χ3n) is 6.05. The lowest BCUT2D eigenvalue weighted by molar-refractivity contribution is -0.340. The van der Waals surface area contributed by atoms with Crippen molar-refractivity contribution in [3.8, 4) is 0 Å². The monoisotopic (exact) mass is 504 g/mol. The van der Waals surface area contributed by atoms with Crippen molar-refractivity contribution in [3.63, 3.8) is 0 Å². The maximum absolute atomic E-state index is 10.2. The molecule has 34 heavy (non-hydrogen) atoms. The molecule has 3 saturated heterocycles. The molecule has 1 unspecified atom stereocenters. The Kier molecular flexibility index (Phi) is 9.54. The van der Waals surface area contributed by atoms with E-state index in [0.29, 0.717) is 0 Å². The molecule has 3 heterocycles. The topological polar surface area (TPSA) is 269 Å². The molecular weight excluding hydrogens is 472 g/mol. The summed E-state index contributed by atoms with van der Waals surface area (Å²) in [6.45, 7) is -1.84. The smallest absolute Gasteiger partial charge is 0.186 e. The largest absolute Gasteiger partial charge is 0.394 e. The van der Waals surface area contributed by atoms with Crippen LogP contribution in [-0.2, 0) is 23.7 Å². The Balaban J connectivity index is 1.58. The third-order valence-corrected chi connectivity index (χ3v) is 6.05. The van der Waals surface area contributed by atoms with Crippen LogP contribution >= 0.6 is 0 Å². The summed E-state index contributed by atoms with van der Waals surface area (Å²) in [6.07, 6.45) is -24.4. The molecular formula is C18H32O16. The maximum atomic E-state index is 10.2. The van der Waals surface area contributed by atoms with E-state index in [4.69, 9.17) is 23.7 Å². The zero-order chi connectivity index (χ0) is 25.3. The van der Waals surface area contributed by atoms with Gasteiger partial charge in [0.25, 0.3) is 0 Å². The van der Waals surface area contributed by atoms with Gasteiger partial charge >= 0.3 is 0 Å². The normalized spacial score (nSPS) is 52.5. The van der Waals surface area contributed by atoms with Gasteiger partial charge in [0.05, 0.1) is 19.8 Å².